The first-order valence-corrected chi connectivity index (χ1v) is 31.0. The molecule has 0 heterocycles. The normalized spacial score (nSPS) is 12.2. The lowest BCUT2D eigenvalue weighted by atomic mass is 9.88. The van der Waals surface area contributed by atoms with Crippen LogP contribution in [0.15, 0.2) is 182 Å². The maximum absolute atomic E-state index is 13.5. The lowest BCUT2D eigenvalue weighted by Crippen LogP contribution is -2.40. The number of anilines is 4. The predicted octanol–water partition coefficient (Wildman–Crippen LogP) is 13.1. The monoisotopic (exact) mass is 1310 g/mol. The van der Waals surface area contributed by atoms with E-state index in [0.717, 1.165) is 38.9 Å². The van der Waals surface area contributed by atoms with Gasteiger partial charge >= 0.3 is 54.2 Å². The summed E-state index contributed by atoms with van der Waals surface area (Å²) in [5.74, 6) is -2.73. The smallest absolute Gasteiger partial charge is 0.412 e. The average Bonchev–Trinajstić information content (AvgIpc) is 1.67. The first kappa shape index (κ1) is 74.0. The summed E-state index contributed by atoms with van der Waals surface area (Å²) in [4.78, 5) is 113. The van der Waals surface area contributed by atoms with Gasteiger partial charge in [0.1, 0.15) is 58.0 Å². The molecule has 6 rings (SSSR count). The van der Waals surface area contributed by atoms with E-state index in [0.29, 0.717) is 47.6 Å². The number of carbonyl (C=O) groups is 9. The van der Waals surface area contributed by atoms with Crippen molar-refractivity contribution < 1.29 is 85.8 Å². The molecule has 6 aromatic rings. The number of hydrogen-bond donors (Lipinski definition) is 4. The Balaban J connectivity index is 1.02. The molecule has 3 unspecified atom stereocenters. The van der Waals surface area contributed by atoms with Gasteiger partial charge in [-0.25, -0.2) is 33.6 Å². The van der Waals surface area contributed by atoms with Gasteiger partial charge in [-0.2, -0.15) is 0 Å². The van der Waals surface area contributed by atoms with E-state index in [4.69, 9.17) is 42.6 Å². The van der Waals surface area contributed by atoms with Gasteiger partial charge in [-0.1, -0.05) is 124 Å². The van der Waals surface area contributed by atoms with Crippen LogP contribution in [0.2, 0.25) is 0 Å². The zero-order valence-corrected chi connectivity index (χ0v) is 55.0. The van der Waals surface area contributed by atoms with E-state index >= 15 is 0 Å². The number of benzene rings is 6. The third-order valence-electron chi connectivity index (χ3n) is 14.4. The SMILES string of the molecule is C=C(C)C(=O)OCC(C)OC(=O)Cc1ccc(Cc2ccc(CC(=O)OCC(CC)(COC(=O)Nc3ccc(Cc4ccc(NC(=O)OC(C)COC(=O)C(=C)C)cc4)cc3)COC(=O)Nc3ccc(Cc4ccc(NC(=O)OC(C)COC(=O)C(=C)C)cc4)cc3)cc2)cc1. The largest absolute Gasteiger partial charge is 0.465 e. The standard InChI is InChI=1S/C74H82N4O18/c1-11-74(44-91-65(79)39-59-16-12-53(13-17-59)36-54-14-18-60(19-15-54)40-66(80)94-50(8)41-88-67(81)47(2)3,45-92-70(84)75-61-28-20-55(21-29-61)37-57-24-32-63(33-25-57)77-72(86)95-51(9)42-89-68(82)48(4)5)46-93-71(85)76-62-30-22-56(23-31-62)38-58-26-34-64(35-27-58)78-73(87)96-52(10)43-90-69(83)49(6)7/h12-35,50-52H,2,4,6,11,36-46H2,1,3,5,7-10H3,(H,75,84)(H,76,85)(H,77,86)(H,78,87). The summed E-state index contributed by atoms with van der Waals surface area (Å²) < 4.78 is 48.5. The van der Waals surface area contributed by atoms with Gasteiger partial charge in [-0.15, -0.1) is 0 Å². The topological polar surface area (TPSA) is 285 Å². The summed E-state index contributed by atoms with van der Waals surface area (Å²) in [5.41, 5.74) is 8.52. The van der Waals surface area contributed by atoms with E-state index in [9.17, 15) is 43.2 Å². The molecule has 22 nitrogen and oxygen atoms in total. The van der Waals surface area contributed by atoms with Gasteiger partial charge in [0.25, 0.3) is 0 Å². The molecule has 506 valence electrons. The average molecular weight is 1320 g/mol. The minimum atomic E-state index is -1.19. The number of rotatable bonds is 33. The number of nitrogens with one attached hydrogen (secondary N) is 4. The first-order valence-electron chi connectivity index (χ1n) is 31.0. The van der Waals surface area contributed by atoms with Crippen LogP contribution in [0.25, 0.3) is 0 Å². The van der Waals surface area contributed by atoms with Crippen molar-refractivity contribution in [1.29, 1.82) is 0 Å². The molecule has 0 fully saturated rings. The summed E-state index contributed by atoms with van der Waals surface area (Å²) in [7, 11) is 0. The van der Waals surface area contributed by atoms with Crippen LogP contribution in [0.5, 0.6) is 0 Å². The van der Waals surface area contributed by atoms with Crippen LogP contribution >= 0.6 is 0 Å². The van der Waals surface area contributed by atoms with Crippen molar-refractivity contribution in [2.45, 2.75) is 105 Å². The van der Waals surface area contributed by atoms with E-state index in [1.165, 1.54) is 20.8 Å². The number of carbonyl (C=O) groups excluding carboxylic acids is 9. The van der Waals surface area contributed by atoms with Crippen LogP contribution in [0.1, 0.15) is 99.4 Å². The van der Waals surface area contributed by atoms with Gasteiger partial charge in [0.15, 0.2) is 0 Å². The van der Waals surface area contributed by atoms with Crippen molar-refractivity contribution in [2.24, 2.45) is 5.41 Å². The van der Waals surface area contributed by atoms with Gasteiger partial charge in [-0.3, -0.25) is 30.9 Å². The van der Waals surface area contributed by atoms with Crippen molar-refractivity contribution >= 4 is 77.0 Å². The van der Waals surface area contributed by atoms with Crippen molar-refractivity contribution in [3.05, 3.63) is 227 Å². The van der Waals surface area contributed by atoms with Gasteiger partial charge in [0.2, 0.25) is 0 Å². The highest BCUT2D eigenvalue weighted by atomic mass is 16.6. The Morgan fingerprint density at radius 2 is 0.594 bits per heavy atom. The molecule has 0 saturated carbocycles. The molecule has 0 aliphatic carbocycles. The highest BCUT2D eigenvalue weighted by Crippen LogP contribution is 2.27. The van der Waals surface area contributed by atoms with Crippen molar-refractivity contribution in [2.75, 3.05) is 60.9 Å². The molecule has 0 saturated heterocycles. The third kappa shape index (κ3) is 26.5. The number of amides is 4. The van der Waals surface area contributed by atoms with E-state index in [-0.39, 0.29) is 75.6 Å². The van der Waals surface area contributed by atoms with Crippen LogP contribution in [0, 0.1) is 5.41 Å². The van der Waals surface area contributed by atoms with Crippen molar-refractivity contribution in [3.63, 3.8) is 0 Å². The molecule has 0 aliphatic heterocycles. The van der Waals surface area contributed by atoms with E-state index in [2.05, 4.69) is 41.0 Å². The third-order valence-corrected chi connectivity index (χ3v) is 14.4. The van der Waals surface area contributed by atoms with E-state index < -0.39 is 77.9 Å². The van der Waals surface area contributed by atoms with Gasteiger partial charge in [0, 0.05) is 39.5 Å². The summed E-state index contributed by atoms with van der Waals surface area (Å²) in [6.07, 6.45) is -3.17. The second-order valence-corrected chi connectivity index (χ2v) is 23.3. The minimum Gasteiger partial charge on any atom is -0.465 e. The molecule has 3 atom stereocenters. The highest BCUT2D eigenvalue weighted by Gasteiger charge is 2.35. The minimum absolute atomic E-state index is 0.0401. The number of hydrogen-bond acceptors (Lipinski definition) is 18. The summed E-state index contributed by atoms with van der Waals surface area (Å²) in [6.45, 7) is 20.6. The van der Waals surface area contributed by atoms with Crippen LogP contribution in [-0.4, -0.2) is 112 Å². The molecule has 0 bridgehead atoms. The molecule has 0 radical (unpaired) electrons. The van der Waals surface area contributed by atoms with E-state index in [1.54, 1.807) is 76.2 Å². The Morgan fingerprint density at radius 3 is 0.885 bits per heavy atom. The maximum Gasteiger partial charge on any atom is 0.412 e. The Labute approximate surface area is 558 Å². The fourth-order valence-electron chi connectivity index (χ4n) is 8.85. The van der Waals surface area contributed by atoms with Crippen molar-refractivity contribution in [1.82, 2.24) is 0 Å². The Hall–Kier alpha value is -11.0. The van der Waals surface area contributed by atoms with Crippen LogP contribution in [0.4, 0.5) is 41.9 Å². The van der Waals surface area contributed by atoms with Gasteiger partial charge in [0.05, 0.1) is 18.3 Å². The molecule has 4 amide bonds. The highest BCUT2D eigenvalue weighted by molar-refractivity contribution is 5.89. The molecule has 4 N–H and O–H groups in total. The van der Waals surface area contributed by atoms with Crippen molar-refractivity contribution in [3.8, 4) is 0 Å². The Bertz CT molecular complexity index is 3300. The van der Waals surface area contributed by atoms with Crippen LogP contribution in [0.3, 0.4) is 0 Å². The second-order valence-electron chi connectivity index (χ2n) is 23.3. The van der Waals surface area contributed by atoms with Crippen LogP contribution in [-0.2, 0) is 98.7 Å². The molecular weight excluding hydrogens is 1230 g/mol. The molecule has 0 spiro atoms. The molecule has 6 aromatic carbocycles. The Kier molecular flexibility index (Phi) is 28.5. The number of ether oxygens (including phenoxy) is 9. The lowest BCUT2D eigenvalue weighted by molar-refractivity contribution is -0.155. The second kappa shape index (κ2) is 37.0. The summed E-state index contributed by atoms with van der Waals surface area (Å²) in [5, 5.41) is 10.8. The van der Waals surface area contributed by atoms with Gasteiger partial charge < -0.3 is 42.6 Å². The lowest BCUT2D eigenvalue weighted by Gasteiger charge is -2.31. The van der Waals surface area contributed by atoms with Gasteiger partial charge in [-0.05, 0) is 160 Å². The Morgan fingerprint density at radius 1 is 0.344 bits per heavy atom. The number of esters is 5. The molecular formula is C74H82N4O18. The summed E-state index contributed by atoms with van der Waals surface area (Å²) >= 11 is 0. The van der Waals surface area contributed by atoms with Crippen LogP contribution < -0.4 is 21.3 Å². The molecule has 22 heteroatoms. The fourth-order valence-corrected chi connectivity index (χ4v) is 8.85. The van der Waals surface area contributed by atoms with E-state index in [1.807, 2.05) is 97.1 Å². The molecule has 0 aromatic heterocycles. The first-order chi connectivity index (χ1) is 45.8. The molecule has 0 aliphatic rings. The zero-order valence-electron chi connectivity index (χ0n) is 55.0. The fraction of sp³-hybridized carbons (Fsp3) is 0.311. The summed E-state index contributed by atoms with van der Waals surface area (Å²) in [6, 6.07) is 43.5. The quantitative estimate of drug-likeness (QED) is 0.0169. The maximum atomic E-state index is 13.5. The predicted molar refractivity (Wildman–Crippen MR) is 360 cm³/mol. The zero-order chi connectivity index (χ0) is 69.7. The molecule has 96 heavy (non-hydrogen) atoms.